The number of hydrogen-bond donors (Lipinski definition) is 1. The first-order chi connectivity index (χ1) is 8.75. The number of ether oxygens (including phenoxy) is 1. The molecule has 0 aliphatic rings. The van der Waals surface area contributed by atoms with Crippen molar-refractivity contribution in [3.05, 3.63) is 66.2 Å². The molecule has 0 bridgehead atoms. The lowest BCUT2D eigenvalue weighted by atomic mass is 10.1. The minimum atomic E-state index is -0.646. The molecule has 0 saturated carbocycles. The van der Waals surface area contributed by atoms with E-state index in [-0.39, 0.29) is 0 Å². The largest absolute Gasteiger partial charge is 0.425 e. The topological polar surface area (TPSA) is 52.3 Å². The van der Waals surface area contributed by atoms with Gasteiger partial charge in [0.25, 0.3) is 0 Å². The van der Waals surface area contributed by atoms with Gasteiger partial charge in [-0.05, 0) is 24.1 Å². The molecule has 0 aromatic heterocycles. The van der Waals surface area contributed by atoms with Crippen LogP contribution in [0.2, 0.25) is 0 Å². The van der Waals surface area contributed by atoms with Crippen LogP contribution in [0, 0.1) is 0 Å². The van der Waals surface area contributed by atoms with Crippen LogP contribution in [-0.2, 0) is 11.2 Å². The van der Waals surface area contributed by atoms with E-state index in [4.69, 9.17) is 10.5 Å². The van der Waals surface area contributed by atoms with Crippen LogP contribution in [0.15, 0.2) is 60.7 Å². The molecular formula is C15H15NO2. The molecule has 1 atom stereocenters. The second-order valence-electron chi connectivity index (χ2n) is 4.03. The van der Waals surface area contributed by atoms with Crippen molar-refractivity contribution in [1.82, 2.24) is 0 Å². The standard InChI is InChI=1S/C15H15NO2/c16-14(11-12-7-3-1-4-8-12)15(17)18-13-9-5-2-6-10-13/h1-10,14H,11,16H2/t14-/m0/s1. The predicted octanol–water partition coefficient (Wildman–Crippen LogP) is 2.16. The summed E-state index contributed by atoms with van der Waals surface area (Å²) in [6.45, 7) is 0. The molecule has 0 saturated heterocycles. The normalized spacial score (nSPS) is 11.8. The molecule has 0 radical (unpaired) electrons. The third-order valence-corrected chi connectivity index (χ3v) is 2.56. The fraction of sp³-hybridized carbons (Fsp3) is 0.133. The molecular weight excluding hydrogens is 226 g/mol. The number of hydrogen-bond acceptors (Lipinski definition) is 3. The van der Waals surface area contributed by atoms with Gasteiger partial charge in [0.15, 0.2) is 0 Å². The summed E-state index contributed by atoms with van der Waals surface area (Å²) in [6, 6.07) is 17.9. The van der Waals surface area contributed by atoms with Gasteiger partial charge in [0.2, 0.25) is 0 Å². The van der Waals surface area contributed by atoms with Gasteiger partial charge in [-0.1, -0.05) is 48.5 Å². The summed E-state index contributed by atoms with van der Waals surface area (Å²) in [7, 11) is 0. The summed E-state index contributed by atoms with van der Waals surface area (Å²) in [5.41, 5.74) is 6.85. The van der Waals surface area contributed by atoms with Crippen LogP contribution in [0.1, 0.15) is 5.56 Å². The SMILES string of the molecule is N[C@@H](Cc1ccccc1)C(=O)Oc1ccccc1. The molecule has 0 heterocycles. The molecule has 0 aliphatic carbocycles. The monoisotopic (exact) mass is 241 g/mol. The minimum absolute atomic E-state index is 0.412. The Hall–Kier alpha value is -2.13. The first kappa shape index (κ1) is 12.3. The lowest BCUT2D eigenvalue weighted by Gasteiger charge is -2.11. The predicted molar refractivity (Wildman–Crippen MR) is 70.2 cm³/mol. The van der Waals surface area contributed by atoms with Gasteiger partial charge in [-0.15, -0.1) is 0 Å². The van der Waals surface area contributed by atoms with Crippen molar-refractivity contribution < 1.29 is 9.53 Å². The van der Waals surface area contributed by atoms with E-state index in [1.54, 1.807) is 12.1 Å². The third kappa shape index (κ3) is 3.43. The van der Waals surface area contributed by atoms with E-state index in [1.807, 2.05) is 48.5 Å². The summed E-state index contributed by atoms with van der Waals surface area (Å²) in [5, 5.41) is 0. The summed E-state index contributed by atoms with van der Waals surface area (Å²) in [6.07, 6.45) is 0.479. The summed E-state index contributed by atoms with van der Waals surface area (Å²) in [5.74, 6) is 0.107. The van der Waals surface area contributed by atoms with Crippen molar-refractivity contribution in [3.63, 3.8) is 0 Å². The molecule has 2 aromatic carbocycles. The Labute approximate surface area is 106 Å². The van der Waals surface area contributed by atoms with Crippen molar-refractivity contribution in [2.24, 2.45) is 5.73 Å². The Morgan fingerprint density at radius 1 is 1.00 bits per heavy atom. The number of para-hydroxylation sites is 1. The van der Waals surface area contributed by atoms with Gasteiger partial charge in [-0.25, -0.2) is 4.79 Å². The molecule has 0 fully saturated rings. The second-order valence-corrected chi connectivity index (χ2v) is 4.03. The Bertz CT molecular complexity index is 496. The second kappa shape index (κ2) is 5.98. The summed E-state index contributed by atoms with van der Waals surface area (Å²) in [4.78, 5) is 11.8. The number of carbonyl (C=O) groups excluding carboxylic acids is 1. The molecule has 0 spiro atoms. The Balaban J connectivity index is 1.93. The van der Waals surface area contributed by atoms with Crippen molar-refractivity contribution in [2.45, 2.75) is 12.5 Å². The lowest BCUT2D eigenvalue weighted by molar-refractivity contribution is -0.135. The minimum Gasteiger partial charge on any atom is -0.425 e. The molecule has 2 aromatic rings. The Kier molecular flexibility index (Phi) is 4.10. The molecule has 0 aliphatic heterocycles. The highest BCUT2D eigenvalue weighted by Gasteiger charge is 2.16. The summed E-state index contributed by atoms with van der Waals surface area (Å²) < 4.78 is 5.18. The number of rotatable bonds is 4. The van der Waals surface area contributed by atoms with Crippen molar-refractivity contribution in [2.75, 3.05) is 0 Å². The van der Waals surface area contributed by atoms with Crippen molar-refractivity contribution in [3.8, 4) is 5.75 Å². The van der Waals surface area contributed by atoms with Gasteiger partial charge < -0.3 is 10.5 Å². The van der Waals surface area contributed by atoms with Gasteiger partial charge in [0.1, 0.15) is 11.8 Å². The molecule has 3 nitrogen and oxygen atoms in total. The van der Waals surface area contributed by atoms with Crippen LogP contribution in [0.4, 0.5) is 0 Å². The molecule has 0 unspecified atom stereocenters. The third-order valence-electron chi connectivity index (χ3n) is 2.56. The van der Waals surface area contributed by atoms with Crippen LogP contribution in [0.5, 0.6) is 5.75 Å². The van der Waals surface area contributed by atoms with Crippen LogP contribution < -0.4 is 10.5 Å². The van der Waals surface area contributed by atoms with Crippen molar-refractivity contribution in [1.29, 1.82) is 0 Å². The van der Waals surface area contributed by atoms with E-state index in [0.29, 0.717) is 12.2 Å². The maximum Gasteiger partial charge on any atom is 0.328 e. The van der Waals surface area contributed by atoms with E-state index >= 15 is 0 Å². The zero-order valence-corrected chi connectivity index (χ0v) is 9.95. The lowest BCUT2D eigenvalue weighted by Crippen LogP contribution is -2.36. The van der Waals surface area contributed by atoms with Crippen LogP contribution in [0.3, 0.4) is 0 Å². The van der Waals surface area contributed by atoms with Gasteiger partial charge >= 0.3 is 5.97 Å². The average Bonchev–Trinajstić information content (AvgIpc) is 2.41. The van der Waals surface area contributed by atoms with E-state index in [1.165, 1.54) is 0 Å². The first-order valence-corrected chi connectivity index (χ1v) is 5.82. The molecule has 92 valence electrons. The van der Waals surface area contributed by atoms with Crippen LogP contribution in [-0.4, -0.2) is 12.0 Å². The highest BCUT2D eigenvalue weighted by atomic mass is 16.5. The van der Waals surface area contributed by atoms with E-state index in [2.05, 4.69) is 0 Å². The van der Waals surface area contributed by atoms with Crippen LogP contribution in [0.25, 0.3) is 0 Å². The number of nitrogens with two attached hydrogens (primary N) is 1. The van der Waals surface area contributed by atoms with E-state index in [0.717, 1.165) is 5.56 Å². The van der Waals surface area contributed by atoms with Crippen molar-refractivity contribution >= 4 is 5.97 Å². The van der Waals surface area contributed by atoms with Gasteiger partial charge in [-0.3, -0.25) is 0 Å². The van der Waals surface area contributed by atoms with Crippen LogP contribution >= 0.6 is 0 Å². The van der Waals surface area contributed by atoms with Gasteiger partial charge in [0, 0.05) is 0 Å². The quantitative estimate of drug-likeness (QED) is 0.659. The number of benzene rings is 2. The molecule has 0 amide bonds. The average molecular weight is 241 g/mol. The Morgan fingerprint density at radius 2 is 1.56 bits per heavy atom. The molecule has 18 heavy (non-hydrogen) atoms. The highest BCUT2D eigenvalue weighted by Crippen LogP contribution is 2.10. The van der Waals surface area contributed by atoms with E-state index in [9.17, 15) is 4.79 Å². The fourth-order valence-corrected chi connectivity index (χ4v) is 1.63. The van der Waals surface area contributed by atoms with Gasteiger partial charge in [-0.2, -0.15) is 0 Å². The maximum atomic E-state index is 11.8. The smallest absolute Gasteiger partial charge is 0.328 e. The number of carbonyl (C=O) groups is 1. The Morgan fingerprint density at radius 3 is 2.17 bits per heavy atom. The zero-order chi connectivity index (χ0) is 12.8. The van der Waals surface area contributed by atoms with E-state index < -0.39 is 12.0 Å². The molecule has 2 rings (SSSR count). The zero-order valence-electron chi connectivity index (χ0n) is 9.95. The maximum absolute atomic E-state index is 11.8. The fourth-order valence-electron chi connectivity index (χ4n) is 1.63. The first-order valence-electron chi connectivity index (χ1n) is 5.82. The molecule has 3 heteroatoms. The number of esters is 1. The summed E-state index contributed by atoms with van der Waals surface area (Å²) >= 11 is 0. The highest BCUT2D eigenvalue weighted by molar-refractivity contribution is 5.78. The van der Waals surface area contributed by atoms with Gasteiger partial charge in [0.05, 0.1) is 0 Å². The molecule has 2 N–H and O–H groups in total.